The smallest absolute Gasteiger partial charge is 0.161 e. The molecule has 1 heterocycles. The number of benzene rings is 1. The second-order valence-corrected chi connectivity index (χ2v) is 5.00. The van der Waals surface area contributed by atoms with Crippen molar-refractivity contribution in [1.29, 1.82) is 0 Å². The number of aliphatic hydroxyl groups excluding tert-OH is 1. The largest absolute Gasteiger partial charge is 0.504 e. The van der Waals surface area contributed by atoms with E-state index in [2.05, 4.69) is 10.2 Å². The first-order chi connectivity index (χ1) is 9.76. The molecule has 1 aromatic carbocycles. The Morgan fingerprint density at radius 2 is 2.20 bits per heavy atom. The van der Waals surface area contributed by atoms with E-state index in [0.29, 0.717) is 12.4 Å². The lowest BCUT2D eigenvalue weighted by Gasteiger charge is -2.29. The summed E-state index contributed by atoms with van der Waals surface area (Å²) in [6.45, 7) is 6.29. The van der Waals surface area contributed by atoms with Crippen LogP contribution >= 0.6 is 0 Å². The lowest BCUT2D eigenvalue weighted by Crippen LogP contribution is -2.34. The molecule has 0 bridgehead atoms. The van der Waals surface area contributed by atoms with E-state index in [4.69, 9.17) is 4.74 Å². The SMILES string of the molecule is CCOc1cc(C(CO)N2CCCNCC2)ccc1O. The Balaban J connectivity index is 2.19. The van der Waals surface area contributed by atoms with Crippen molar-refractivity contribution < 1.29 is 14.9 Å². The summed E-state index contributed by atoms with van der Waals surface area (Å²) in [4.78, 5) is 2.28. The number of aliphatic hydroxyl groups is 1. The van der Waals surface area contributed by atoms with Crippen LogP contribution in [-0.2, 0) is 0 Å². The molecule has 1 aliphatic rings. The Kier molecular flexibility index (Phi) is 5.64. The molecule has 1 saturated heterocycles. The molecule has 3 N–H and O–H groups in total. The zero-order valence-corrected chi connectivity index (χ0v) is 12.0. The van der Waals surface area contributed by atoms with Gasteiger partial charge in [-0.2, -0.15) is 0 Å². The van der Waals surface area contributed by atoms with Crippen LogP contribution in [0.25, 0.3) is 0 Å². The summed E-state index contributed by atoms with van der Waals surface area (Å²) in [5.74, 6) is 0.626. The molecule has 2 rings (SSSR count). The van der Waals surface area contributed by atoms with E-state index >= 15 is 0 Å². The fraction of sp³-hybridized carbons (Fsp3) is 0.600. The van der Waals surface area contributed by atoms with Crippen molar-refractivity contribution >= 4 is 0 Å². The van der Waals surface area contributed by atoms with Crippen LogP contribution in [0, 0.1) is 0 Å². The highest BCUT2D eigenvalue weighted by Gasteiger charge is 2.21. The van der Waals surface area contributed by atoms with E-state index < -0.39 is 0 Å². The number of nitrogens with one attached hydrogen (secondary N) is 1. The van der Waals surface area contributed by atoms with Crippen molar-refractivity contribution in [1.82, 2.24) is 10.2 Å². The van der Waals surface area contributed by atoms with Crippen LogP contribution < -0.4 is 10.1 Å². The number of hydrogen-bond donors (Lipinski definition) is 3. The van der Waals surface area contributed by atoms with Gasteiger partial charge >= 0.3 is 0 Å². The average Bonchev–Trinajstić information content (AvgIpc) is 2.72. The lowest BCUT2D eigenvalue weighted by atomic mass is 10.0. The molecule has 1 atom stereocenters. The van der Waals surface area contributed by atoms with Crippen LogP contribution in [0.2, 0.25) is 0 Å². The van der Waals surface area contributed by atoms with Gasteiger partial charge in [-0.1, -0.05) is 6.07 Å². The third kappa shape index (κ3) is 3.62. The molecule has 1 aromatic rings. The van der Waals surface area contributed by atoms with Crippen LogP contribution in [0.5, 0.6) is 11.5 Å². The van der Waals surface area contributed by atoms with Crippen molar-refractivity contribution in [2.45, 2.75) is 19.4 Å². The van der Waals surface area contributed by atoms with E-state index in [-0.39, 0.29) is 18.4 Å². The normalized spacial score (nSPS) is 18.5. The molecule has 5 heteroatoms. The van der Waals surface area contributed by atoms with Gasteiger partial charge in [0.25, 0.3) is 0 Å². The predicted octanol–water partition coefficient (Wildman–Crippen LogP) is 1.12. The highest BCUT2D eigenvalue weighted by atomic mass is 16.5. The van der Waals surface area contributed by atoms with Gasteiger partial charge in [0.05, 0.1) is 19.3 Å². The maximum Gasteiger partial charge on any atom is 0.161 e. The fourth-order valence-corrected chi connectivity index (χ4v) is 2.62. The van der Waals surface area contributed by atoms with Crippen LogP contribution in [0.15, 0.2) is 18.2 Å². The van der Waals surface area contributed by atoms with Gasteiger partial charge in [0.15, 0.2) is 11.5 Å². The number of hydrogen-bond acceptors (Lipinski definition) is 5. The quantitative estimate of drug-likeness (QED) is 0.754. The maximum atomic E-state index is 9.76. The van der Waals surface area contributed by atoms with E-state index in [0.717, 1.165) is 38.2 Å². The van der Waals surface area contributed by atoms with Crippen LogP contribution in [0.3, 0.4) is 0 Å². The summed E-state index contributed by atoms with van der Waals surface area (Å²) < 4.78 is 5.42. The van der Waals surface area contributed by atoms with Crippen molar-refractivity contribution in [2.24, 2.45) is 0 Å². The molecule has 1 aliphatic heterocycles. The Bertz CT molecular complexity index is 418. The highest BCUT2D eigenvalue weighted by Crippen LogP contribution is 2.31. The Morgan fingerprint density at radius 1 is 1.35 bits per heavy atom. The van der Waals surface area contributed by atoms with E-state index in [1.165, 1.54) is 0 Å². The molecule has 1 fully saturated rings. The molecule has 0 aliphatic carbocycles. The minimum atomic E-state index is -0.0466. The third-order valence-electron chi connectivity index (χ3n) is 3.66. The van der Waals surface area contributed by atoms with Gasteiger partial charge in [-0.15, -0.1) is 0 Å². The van der Waals surface area contributed by atoms with Gasteiger partial charge in [0.1, 0.15) is 0 Å². The molecular formula is C15H24N2O3. The summed E-state index contributed by atoms with van der Waals surface area (Å²) in [5, 5.41) is 22.9. The molecule has 0 amide bonds. The standard InChI is InChI=1S/C15H24N2O3/c1-2-20-15-10-12(4-5-14(15)19)13(11-18)17-8-3-6-16-7-9-17/h4-5,10,13,16,18-19H,2-3,6-9,11H2,1H3. The molecule has 0 aromatic heterocycles. The first kappa shape index (κ1) is 15.1. The van der Waals surface area contributed by atoms with Crippen LogP contribution in [-0.4, -0.2) is 54.5 Å². The molecule has 20 heavy (non-hydrogen) atoms. The molecule has 0 saturated carbocycles. The third-order valence-corrected chi connectivity index (χ3v) is 3.66. The van der Waals surface area contributed by atoms with Gasteiger partial charge in [0, 0.05) is 19.6 Å². The number of nitrogens with zero attached hydrogens (tertiary/aromatic N) is 1. The molecule has 1 unspecified atom stereocenters. The summed E-state index contributed by atoms with van der Waals surface area (Å²) in [7, 11) is 0. The zero-order chi connectivity index (χ0) is 14.4. The minimum absolute atomic E-state index is 0.0466. The molecule has 112 valence electrons. The van der Waals surface area contributed by atoms with Gasteiger partial charge < -0.3 is 20.3 Å². The van der Waals surface area contributed by atoms with E-state index in [1.54, 1.807) is 6.07 Å². The molecule has 5 nitrogen and oxygen atoms in total. The number of rotatable bonds is 5. The summed E-state index contributed by atoms with van der Waals surface area (Å²) >= 11 is 0. The Morgan fingerprint density at radius 3 is 2.95 bits per heavy atom. The van der Waals surface area contributed by atoms with Crippen LogP contribution in [0.4, 0.5) is 0 Å². The fourth-order valence-electron chi connectivity index (χ4n) is 2.62. The van der Waals surface area contributed by atoms with Crippen molar-refractivity contribution in [3.63, 3.8) is 0 Å². The second kappa shape index (κ2) is 7.47. The van der Waals surface area contributed by atoms with Crippen molar-refractivity contribution in [2.75, 3.05) is 39.4 Å². The van der Waals surface area contributed by atoms with Gasteiger partial charge in [-0.3, -0.25) is 4.90 Å². The van der Waals surface area contributed by atoms with E-state index in [1.807, 2.05) is 19.1 Å². The Labute approximate surface area is 120 Å². The summed E-state index contributed by atoms with van der Waals surface area (Å²) in [6, 6.07) is 5.28. The first-order valence-electron chi connectivity index (χ1n) is 7.27. The van der Waals surface area contributed by atoms with Crippen molar-refractivity contribution in [3.8, 4) is 11.5 Å². The number of aromatic hydroxyl groups is 1. The molecule has 0 radical (unpaired) electrons. The van der Waals surface area contributed by atoms with Crippen LogP contribution in [0.1, 0.15) is 24.9 Å². The lowest BCUT2D eigenvalue weighted by molar-refractivity contribution is 0.129. The van der Waals surface area contributed by atoms with Crippen molar-refractivity contribution in [3.05, 3.63) is 23.8 Å². The molecule has 0 spiro atoms. The Hall–Kier alpha value is -1.30. The van der Waals surface area contributed by atoms with Gasteiger partial charge in [-0.25, -0.2) is 0 Å². The molecular weight excluding hydrogens is 256 g/mol. The van der Waals surface area contributed by atoms with Gasteiger partial charge in [-0.05, 0) is 37.6 Å². The number of phenolic OH excluding ortho intramolecular Hbond substituents is 1. The second-order valence-electron chi connectivity index (χ2n) is 5.00. The number of phenols is 1. The highest BCUT2D eigenvalue weighted by molar-refractivity contribution is 5.42. The van der Waals surface area contributed by atoms with Gasteiger partial charge in [0.2, 0.25) is 0 Å². The number of ether oxygens (including phenoxy) is 1. The van der Waals surface area contributed by atoms with E-state index in [9.17, 15) is 10.2 Å². The zero-order valence-electron chi connectivity index (χ0n) is 12.0. The summed E-state index contributed by atoms with van der Waals surface area (Å²) in [5.41, 5.74) is 0.982. The maximum absolute atomic E-state index is 9.76. The predicted molar refractivity (Wildman–Crippen MR) is 78.2 cm³/mol. The first-order valence-corrected chi connectivity index (χ1v) is 7.27. The summed E-state index contributed by atoms with van der Waals surface area (Å²) in [6.07, 6.45) is 1.08. The minimum Gasteiger partial charge on any atom is -0.504 e. The topological polar surface area (TPSA) is 65.0 Å². The average molecular weight is 280 g/mol. The monoisotopic (exact) mass is 280 g/mol.